The number of nitrogens with zero attached hydrogens (tertiary/aromatic N) is 2. The van der Waals surface area contributed by atoms with Gasteiger partial charge in [0.15, 0.2) is 0 Å². The third kappa shape index (κ3) is 2.70. The predicted octanol–water partition coefficient (Wildman–Crippen LogP) is 3.26. The summed E-state index contributed by atoms with van der Waals surface area (Å²) < 4.78 is 0. The van der Waals surface area contributed by atoms with E-state index in [-0.39, 0.29) is 6.03 Å². The van der Waals surface area contributed by atoms with Crippen molar-refractivity contribution in [3.63, 3.8) is 0 Å². The van der Waals surface area contributed by atoms with E-state index in [0.29, 0.717) is 16.5 Å². The van der Waals surface area contributed by atoms with Crippen LogP contribution in [0.15, 0.2) is 42.9 Å². The molecule has 6 nitrogen and oxygen atoms in total. The van der Waals surface area contributed by atoms with Gasteiger partial charge in [0.1, 0.15) is 5.82 Å². The van der Waals surface area contributed by atoms with Gasteiger partial charge in [0.2, 0.25) is 0 Å². The molecule has 0 unspecified atom stereocenters. The van der Waals surface area contributed by atoms with E-state index in [0.717, 1.165) is 11.0 Å². The van der Waals surface area contributed by atoms with Gasteiger partial charge < -0.3 is 10.3 Å². The van der Waals surface area contributed by atoms with Crippen molar-refractivity contribution >= 4 is 40.2 Å². The minimum Gasteiger partial charge on any atom is -0.345 e. The van der Waals surface area contributed by atoms with Crippen molar-refractivity contribution in [3.05, 3.63) is 47.9 Å². The molecule has 2 amide bonds. The van der Waals surface area contributed by atoms with Crippen LogP contribution in [0.2, 0.25) is 5.02 Å². The second-order valence-electron chi connectivity index (χ2n) is 4.08. The number of hydrogen-bond acceptors (Lipinski definition) is 3. The van der Waals surface area contributed by atoms with E-state index in [9.17, 15) is 4.79 Å². The Labute approximate surface area is 119 Å². The number of rotatable bonds is 2. The van der Waals surface area contributed by atoms with E-state index in [2.05, 4.69) is 25.6 Å². The molecule has 2 aromatic heterocycles. The molecule has 2 heterocycles. The normalized spacial score (nSPS) is 10.4. The Kier molecular flexibility index (Phi) is 3.22. The van der Waals surface area contributed by atoms with Gasteiger partial charge in [-0.1, -0.05) is 11.6 Å². The van der Waals surface area contributed by atoms with E-state index in [4.69, 9.17) is 11.6 Å². The average molecular weight is 288 g/mol. The number of amides is 2. The van der Waals surface area contributed by atoms with Crippen LogP contribution in [0.25, 0.3) is 11.0 Å². The molecule has 0 radical (unpaired) electrons. The first-order valence-electron chi connectivity index (χ1n) is 5.83. The van der Waals surface area contributed by atoms with Crippen LogP contribution < -0.4 is 10.6 Å². The molecule has 0 spiro atoms. The number of fused-ring (bicyclic) bond motifs is 1. The summed E-state index contributed by atoms with van der Waals surface area (Å²) in [4.78, 5) is 22.9. The van der Waals surface area contributed by atoms with Gasteiger partial charge in [-0.3, -0.25) is 5.32 Å². The maximum Gasteiger partial charge on any atom is 0.324 e. The maximum absolute atomic E-state index is 11.8. The maximum atomic E-state index is 11.8. The number of aromatic amines is 1. The number of pyridine rings is 1. The number of benzene rings is 1. The van der Waals surface area contributed by atoms with Gasteiger partial charge >= 0.3 is 6.03 Å². The van der Waals surface area contributed by atoms with Crippen molar-refractivity contribution in [1.82, 2.24) is 15.0 Å². The number of imidazole rings is 1. The number of urea groups is 1. The summed E-state index contributed by atoms with van der Waals surface area (Å²) in [7, 11) is 0. The molecule has 0 fully saturated rings. The molecule has 0 bridgehead atoms. The molecular formula is C13H10ClN5O. The fraction of sp³-hybridized carbons (Fsp3) is 0. The monoisotopic (exact) mass is 287 g/mol. The molecule has 0 saturated heterocycles. The van der Waals surface area contributed by atoms with E-state index in [1.165, 1.54) is 6.20 Å². The Balaban J connectivity index is 1.70. The van der Waals surface area contributed by atoms with Gasteiger partial charge in [0.05, 0.1) is 22.4 Å². The topological polar surface area (TPSA) is 82.7 Å². The van der Waals surface area contributed by atoms with Crippen LogP contribution in [0.4, 0.5) is 16.3 Å². The average Bonchev–Trinajstić information content (AvgIpc) is 2.89. The fourth-order valence-electron chi connectivity index (χ4n) is 1.74. The summed E-state index contributed by atoms with van der Waals surface area (Å²) in [6.07, 6.45) is 3.07. The van der Waals surface area contributed by atoms with Crippen molar-refractivity contribution < 1.29 is 4.79 Å². The van der Waals surface area contributed by atoms with Gasteiger partial charge in [-0.2, -0.15) is 0 Å². The largest absolute Gasteiger partial charge is 0.345 e. The van der Waals surface area contributed by atoms with E-state index in [1.54, 1.807) is 30.6 Å². The van der Waals surface area contributed by atoms with Crippen LogP contribution in [-0.2, 0) is 0 Å². The number of aromatic nitrogens is 3. The van der Waals surface area contributed by atoms with Gasteiger partial charge in [-0.15, -0.1) is 0 Å². The molecular weight excluding hydrogens is 278 g/mol. The molecule has 3 aromatic rings. The standard InChI is InChI=1S/C13H10ClN5O/c14-8-1-4-12(15-6-8)19-13(20)18-9-2-3-10-11(5-9)17-7-16-10/h1-7H,(H,16,17)(H2,15,18,19,20). The first kappa shape index (κ1) is 12.4. The third-order valence-corrected chi connectivity index (χ3v) is 2.87. The van der Waals surface area contributed by atoms with E-state index < -0.39 is 0 Å². The quantitative estimate of drug-likeness (QED) is 0.676. The molecule has 3 rings (SSSR count). The zero-order chi connectivity index (χ0) is 13.9. The summed E-state index contributed by atoms with van der Waals surface area (Å²) >= 11 is 5.72. The number of anilines is 2. The summed E-state index contributed by atoms with van der Waals surface area (Å²) in [5, 5.41) is 5.84. The Morgan fingerprint density at radius 1 is 1.15 bits per heavy atom. The summed E-state index contributed by atoms with van der Waals surface area (Å²) in [6.45, 7) is 0. The molecule has 0 aliphatic carbocycles. The lowest BCUT2D eigenvalue weighted by atomic mass is 10.3. The third-order valence-electron chi connectivity index (χ3n) is 2.65. The molecule has 0 aliphatic rings. The predicted molar refractivity (Wildman–Crippen MR) is 78.0 cm³/mol. The highest BCUT2D eigenvalue weighted by Gasteiger charge is 2.05. The van der Waals surface area contributed by atoms with Crippen molar-refractivity contribution in [1.29, 1.82) is 0 Å². The van der Waals surface area contributed by atoms with Crippen LogP contribution in [0.3, 0.4) is 0 Å². The number of H-pyrrole nitrogens is 1. The second-order valence-corrected chi connectivity index (χ2v) is 4.51. The zero-order valence-corrected chi connectivity index (χ0v) is 11.0. The number of nitrogens with one attached hydrogen (secondary N) is 3. The number of hydrogen-bond donors (Lipinski definition) is 3. The minimum absolute atomic E-state index is 0.376. The fourth-order valence-corrected chi connectivity index (χ4v) is 1.85. The van der Waals surface area contributed by atoms with Crippen LogP contribution in [-0.4, -0.2) is 21.0 Å². The smallest absolute Gasteiger partial charge is 0.324 e. The van der Waals surface area contributed by atoms with Crippen molar-refractivity contribution in [2.75, 3.05) is 10.6 Å². The molecule has 100 valence electrons. The molecule has 1 aromatic carbocycles. The van der Waals surface area contributed by atoms with Crippen molar-refractivity contribution in [3.8, 4) is 0 Å². The van der Waals surface area contributed by atoms with Crippen molar-refractivity contribution in [2.45, 2.75) is 0 Å². The first-order chi connectivity index (χ1) is 9.70. The van der Waals surface area contributed by atoms with Crippen LogP contribution in [0.5, 0.6) is 0 Å². The lowest BCUT2D eigenvalue weighted by Crippen LogP contribution is -2.19. The summed E-state index contributed by atoms with van der Waals surface area (Å²) in [6, 6.07) is 8.30. The van der Waals surface area contributed by atoms with Crippen LogP contribution in [0, 0.1) is 0 Å². The van der Waals surface area contributed by atoms with Gasteiger partial charge in [-0.05, 0) is 30.3 Å². The molecule has 0 aliphatic heterocycles. The highest BCUT2D eigenvalue weighted by molar-refractivity contribution is 6.30. The molecule has 7 heteroatoms. The van der Waals surface area contributed by atoms with E-state index in [1.807, 2.05) is 6.07 Å². The summed E-state index contributed by atoms with van der Waals surface area (Å²) in [5.41, 5.74) is 2.36. The Hall–Kier alpha value is -2.60. The first-order valence-corrected chi connectivity index (χ1v) is 6.21. The van der Waals surface area contributed by atoms with Gasteiger partial charge in [0.25, 0.3) is 0 Å². The number of carbonyl (C=O) groups excluding carboxylic acids is 1. The van der Waals surface area contributed by atoms with Gasteiger partial charge in [-0.25, -0.2) is 14.8 Å². The Bertz CT molecular complexity index is 753. The highest BCUT2D eigenvalue weighted by Crippen LogP contribution is 2.16. The van der Waals surface area contributed by atoms with Crippen LogP contribution in [0.1, 0.15) is 0 Å². The van der Waals surface area contributed by atoms with E-state index >= 15 is 0 Å². The molecule has 0 atom stereocenters. The van der Waals surface area contributed by atoms with Crippen molar-refractivity contribution in [2.24, 2.45) is 0 Å². The zero-order valence-electron chi connectivity index (χ0n) is 10.2. The number of carbonyl (C=O) groups is 1. The molecule has 3 N–H and O–H groups in total. The second kappa shape index (κ2) is 5.18. The lowest BCUT2D eigenvalue weighted by molar-refractivity contribution is 0.262. The molecule has 20 heavy (non-hydrogen) atoms. The van der Waals surface area contributed by atoms with Gasteiger partial charge in [0, 0.05) is 11.9 Å². The minimum atomic E-state index is -0.376. The lowest BCUT2D eigenvalue weighted by Gasteiger charge is -2.06. The number of halogens is 1. The van der Waals surface area contributed by atoms with Crippen LogP contribution >= 0.6 is 11.6 Å². The molecule has 0 saturated carbocycles. The SMILES string of the molecule is O=C(Nc1ccc2nc[nH]c2c1)Nc1ccc(Cl)cn1. The Morgan fingerprint density at radius 3 is 2.85 bits per heavy atom. The summed E-state index contributed by atoms with van der Waals surface area (Å²) in [5.74, 6) is 0.425. The Morgan fingerprint density at radius 2 is 2.05 bits per heavy atom. The highest BCUT2D eigenvalue weighted by atomic mass is 35.5.